The minimum absolute atomic E-state index is 0. The van der Waals surface area contributed by atoms with E-state index in [1.54, 1.807) is 0 Å². The maximum atomic E-state index is 11.1. The maximum Gasteiger partial charge on any atom is 0.305 e. The fourth-order valence-corrected chi connectivity index (χ4v) is 2.19. The largest absolute Gasteiger partial charge is 0.469 e. The second kappa shape index (κ2) is 11.6. The van der Waals surface area contributed by atoms with E-state index < -0.39 is 0 Å². The molecule has 0 aliphatic rings. The van der Waals surface area contributed by atoms with Crippen LogP contribution < -0.4 is 10.6 Å². The van der Waals surface area contributed by atoms with Gasteiger partial charge in [0.15, 0.2) is 17.4 Å². The second-order valence-electron chi connectivity index (χ2n) is 5.20. The Morgan fingerprint density at radius 2 is 2.12 bits per heavy atom. The monoisotopic (exact) mass is 460 g/mol. The molecule has 0 aliphatic heterocycles. The molecule has 0 bridgehead atoms. The van der Waals surface area contributed by atoms with Crippen molar-refractivity contribution in [2.24, 2.45) is 4.99 Å². The lowest BCUT2D eigenvalue weighted by Gasteiger charge is -2.10. The van der Waals surface area contributed by atoms with Gasteiger partial charge in [0.05, 0.1) is 7.11 Å². The molecule has 0 saturated carbocycles. The minimum atomic E-state index is -0.172. The van der Waals surface area contributed by atoms with Gasteiger partial charge in [0.25, 0.3) is 0 Å². The lowest BCUT2D eigenvalue weighted by molar-refractivity contribution is -0.140. The normalized spacial score (nSPS) is 11.0. The van der Waals surface area contributed by atoms with Crippen LogP contribution in [0.3, 0.4) is 0 Å². The standard InChI is InChI=1S/C16H24N6O2.HI/c1-3-17-16(18-10-6-4-9-15(23)24-2)19-12-14-21-20-13-8-5-7-11-22(13)14;/h5,7-8,11H,3-4,6,9-10,12H2,1-2H3,(H2,17,18,19);1H. The number of fused-ring (bicyclic) bond motifs is 1. The SMILES string of the molecule is CCNC(=NCc1nnc2ccccn12)NCCCCC(=O)OC.I. The number of guanidine groups is 1. The first-order valence-electron chi connectivity index (χ1n) is 8.12. The fourth-order valence-electron chi connectivity index (χ4n) is 2.19. The third-order valence-electron chi connectivity index (χ3n) is 3.43. The molecule has 0 radical (unpaired) electrons. The Morgan fingerprint density at radius 1 is 1.28 bits per heavy atom. The van der Waals surface area contributed by atoms with E-state index >= 15 is 0 Å². The fraction of sp³-hybridized carbons (Fsp3) is 0.500. The molecule has 8 nitrogen and oxygen atoms in total. The number of unbranched alkanes of at least 4 members (excludes halogenated alkanes) is 1. The summed E-state index contributed by atoms with van der Waals surface area (Å²) in [5.41, 5.74) is 0.809. The van der Waals surface area contributed by atoms with Crippen LogP contribution in [-0.4, -0.2) is 46.7 Å². The van der Waals surface area contributed by atoms with Gasteiger partial charge in [-0.25, -0.2) is 4.99 Å². The smallest absolute Gasteiger partial charge is 0.305 e. The van der Waals surface area contributed by atoms with Crippen molar-refractivity contribution < 1.29 is 9.53 Å². The van der Waals surface area contributed by atoms with Crippen LogP contribution in [-0.2, 0) is 16.1 Å². The summed E-state index contributed by atoms with van der Waals surface area (Å²) < 4.78 is 6.54. The molecule has 0 aromatic carbocycles. The molecule has 138 valence electrons. The Kier molecular flexibility index (Phi) is 9.81. The molecule has 0 fully saturated rings. The number of hydrogen-bond acceptors (Lipinski definition) is 5. The lowest BCUT2D eigenvalue weighted by atomic mass is 10.2. The van der Waals surface area contributed by atoms with Gasteiger partial charge in [-0.2, -0.15) is 0 Å². The number of hydrogen-bond donors (Lipinski definition) is 2. The first-order valence-corrected chi connectivity index (χ1v) is 8.12. The minimum Gasteiger partial charge on any atom is -0.469 e. The van der Waals surface area contributed by atoms with E-state index in [1.807, 2.05) is 35.7 Å². The van der Waals surface area contributed by atoms with Gasteiger partial charge in [0.2, 0.25) is 0 Å². The quantitative estimate of drug-likeness (QED) is 0.205. The number of aliphatic imine (C=N–C) groups is 1. The molecular formula is C16H25IN6O2. The highest BCUT2D eigenvalue weighted by Gasteiger charge is 2.05. The Morgan fingerprint density at radius 3 is 2.88 bits per heavy atom. The summed E-state index contributed by atoms with van der Waals surface area (Å²) in [5, 5.41) is 14.7. The molecule has 2 aromatic rings. The number of aromatic nitrogens is 3. The highest BCUT2D eigenvalue weighted by atomic mass is 127. The van der Waals surface area contributed by atoms with Crippen molar-refractivity contribution in [1.82, 2.24) is 25.2 Å². The lowest BCUT2D eigenvalue weighted by Crippen LogP contribution is -2.37. The van der Waals surface area contributed by atoms with Crippen molar-refractivity contribution in [2.75, 3.05) is 20.2 Å². The number of ether oxygens (including phenoxy) is 1. The number of methoxy groups -OCH3 is 1. The van der Waals surface area contributed by atoms with Gasteiger partial charge >= 0.3 is 5.97 Å². The summed E-state index contributed by atoms with van der Waals surface area (Å²) in [6, 6.07) is 5.77. The molecule has 2 N–H and O–H groups in total. The van der Waals surface area contributed by atoms with Crippen LogP contribution in [0.5, 0.6) is 0 Å². The van der Waals surface area contributed by atoms with Crippen LogP contribution in [0, 0.1) is 0 Å². The maximum absolute atomic E-state index is 11.1. The Hall–Kier alpha value is -1.91. The Balaban J connectivity index is 0.00000312. The van der Waals surface area contributed by atoms with Crippen LogP contribution in [0.1, 0.15) is 32.0 Å². The highest BCUT2D eigenvalue weighted by molar-refractivity contribution is 14.0. The molecule has 0 aliphatic carbocycles. The summed E-state index contributed by atoms with van der Waals surface area (Å²) in [6.07, 6.45) is 4.02. The van der Waals surface area contributed by atoms with Gasteiger partial charge in [-0.15, -0.1) is 34.2 Å². The molecule has 0 saturated heterocycles. The number of nitrogens with one attached hydrogen (secondary N) is 2. The molecule has 2 rings (SSSR count). The molecule has 9 heteroatoms. The number of carbonyl (C=O) groups is 1. The second-order valence-corrected chi connectivity index (χ2v) is 5.20. The zero-order valence-corrected chi connectivity index (χ0v) is 16.9. The van der Waals surface area contributed by atoms with Crippen molar-refractivity contribution in [3.8, 4) is 0 Å². The molecule has 0 spiro atoms. The van der Waals surface area contributed by atoms with Gasteiger partial charge in [-0.3, -0.25) is 9.20 Å². The van der Waals surface area contributed by atoms with Crippen LogP contribution in [0.15, 0.2) is 29.4 Å². The van der Waals surface area contributed by atoms with E-state index in [1.165, 1.54) is 7.11 Å². The topological polar surface area (TPSA) is 92.9 Å². The first-order chi connectivity index (χ1) is 11.7. The van der Waals surface area contributed by atoms with Gasteiger partial charge < -0.3 is 15.4 Å². The zero-order chi connectivity index (χ0) is 17.2. The summed E-state index contributed by atoms with van der Waals surface area (Å²) in [5.74, 6) is 1.34. The van der Waals surface area contributed by atoms with Gasteiger partial charge in [0.1, 0.15) is 6.54 Å². The number of carbonyl (C=O) groups excluding carboxylic acids is 1. The van der Waals surface area contributed by atoms with E-state index in [-0.39, 0.29) is 29.9 Å². The Labute approximate surface area is 164 Å². The van der Waals surface area contributed by atoms with Crippen LogP contribution in [0.4, 0.5) is 0 Å². The van der Waals surface area contributed by atoms with Crippen molar-refractivity contribution in [3.63, 3.8) is 0 Å². The van der Waals surface area contributed by atoms with Crippen molar-refractivity contribution >= 4 is 41.6 Å². The van der Waals surface area contributed by atoms with Crippen molar-refractivity contribution in [3.05, 3.63) is 30.2 Å². The average molecular weight is 460 g/mol. The van der Waals surface area contributed by atoms with Crippen LogP contribution in [0.2, 0.25) is 0 Å². The number of esters is 1. The van der Waals surface area contributed by atoms with Gasteiger partial charge in [-0.05, 0) is 31.9 Å². The predicted molar refractivity (Wildman–Crippen MR) is 107 cm³/mol. The third kappa shape index (κ3) is 6.85. The van der Waals surface area contributed by atoms with Crippen LogP contribution >= 0.6 is 24.0 Å². The summed E-state index contributed by atoms with van der Waals surface area (Å²) in [4.78, 5) is 15.6. The Bertz CT molecular complexity index is 688. The van der Waals surface area contributed by atoms with Gasteiger partial charge in [0, 0.05) is 25.7 Å². The van der Waals surface area contributed by atoms with E-state index in [2.05, 4.69) is 30.6 Å². The average Bonchev–Trinajstić information content (AvgIpc) is 3.02. The van der Waals surface area contributed by atoms with Crippen LogP contribution in [0.25, 0.3) is 5.65 Å². The molecule has 2 heterocycles. The summed E-state index contributed by atoms with van der Waals surface area (Å²) in [7, 11) is 1.41. The molecule has 0 amide bonds. The molecular weight excluding hydrogens is 435 g/mol. The number of nitrogens with zero attached hydrogens (tertiary/aromatic N) is 4. The third-order valence-corrected chi connectivity index (χ3v) is 3.43. The molecule has 0 atom stereocenters. The zero-order valence-electron chi connectivity index (χ0n) is 14.6. The molecule has 25 heavy (non-hydrogen) atoms. The van der Waals surface area contributed by atoms with Crippen molar-refractivity contribution in [1.29, 1.82) is 0 Å². The summed E-state index contributed by atoms with van der Waals surface area (Å²) in [6.45, 7) is 3.96. The summed E-state index contributed by atoms with van der Waals surface area (Å²) >= 11 is 0. The highest BCUT2D eigenvalue weighted by Crippen LogP contribution is 2.03. The molecule has 2 aromatic heterocycles. The van der Waals surface area contributed by atoms with E-state index in [4.69, 9.17) is 0 Å². The predicted octanol–water partition coefficient (Wildman–Crippen LogP) is 1.75. The van der Waals surface area contributed by atoms with E-state index in [0.29, 0.717) is 13.0 Å². The number of rotatable bonds is 8. The number of pyridine rings is 1. The first kappa shape index (κ1) is 21.1. The molecule has 0 unspecified atom stereocenters. The van der Waals surface area contributed by atoms with Gasteiger partial charge in [-0.1, -0.05) is 6.07 Å². The van der Waals surface area contributed by atoms with E-state index in [0.717, 1.165) is 43.4 Å². The van der Waals surface area contributed by atoms with Crippen molar-refractivity contribution in [2.45, 2.75) is 32.7 Å². The number of halogens is 1. The van der Waals surface area contributed by atoms with E-state index in [9.17, 15) is 4.79 Å².